The predicted molar refractivity (Wildman–Crippen MR) is 80.6 cm³/mol. The van der Waals surface area contributed by atoms with Crippen molar-refractivity contribution in [2.75, 3.05) is 20.2 Å². The van der Waals surface area contributed by atoms with E-state index in [-0.39, 0.29) is 5.60 Å². The van der Waals surface area contributed by atoms with Crippen molar-refractivity contribution in [3.63, 3.8) is 0 Å². The van der Waals surface area contributed by atoms with Crippen molar-refractivity contribution in [2.45, 2.75) is 50.3 Å². The smallest absolute Gasteiger partial charge is 0.229 e. The van der Waals surface area contributed by atoms with Crippen molar-refractivity contribution in [3.8, 4) is 0 Å². The summed E-state index contributed by atoms with van der Waals surface area (Å²) >= 11 is 0. The first-order valence-electron chi connectivity index (χ1n) is 7.89. The standard InChI is InChI=1S/C16H23N3O2/c1-12-6-7-16(9-15(20-2)17-21-16)14-11-18(12)10-13-5-3-4-8-19(13)14/h4-5,8,12,14H,3,6-7,9-11H2,1-2H3/t12-,14+,16-/m0/s1. The Morgan fingerprint density at radius 1 is 1.48 bits per heavy atom. The van der Waals surface area contributed by atoms with Crippen molar-refractivity contribution < 1.29 is 9.57 Å². The first-order chi connectivity index (χ1) is 10.2. The normalized spacial score (nSPS) is 41.0. The van der Waals surface area contributed by atoms with Crippen LogP contribution in [-0.4, -0.2) is 53.6 Å². The molecular formula is C16H23N3O2. The minimum atomic E-state index is -0.241. The maximum atomic E-state index is 5.98. The summed E-state index contributed by atoms with van der Waals surface area (Å²) in [5, 5.41) is 4.19. The quantitative estimate of drug-likeness (QED) is 0.684. The predicted octanol–water partition coefficient (Wildman–Crippen LogP) is 2.08. The van der Waals surface area contributed by atoms with Crippen LogP contribution in [0.3, 0.4) is 0 Å². The van der Waals surface area contributed by atoms with E-state index in [4.69, 9.17) is 9.57 Å². The lowest BCUT2D eigenvalue weighted by atomic mass is 9.84. The number of oxime groups is 1. The van der Waals surface area contributed by atoms with Gasteiger partial charge in [-0.25, -0.2) is 0 Å². The number of piperazine rings is 1. The molecule has 4 aliphatic heterocycles. The fourth-order valence-corrected chi connectivity index (χ4v) is 4.06. The molecule has 114 valence electrons. The van der Waals surface area contributed by atoms with E-state index in [1.165, 1.54) is 5.70 Å². The van der Waals surface area contributed by atoms with Gasteiger partial charge in [-0.2, -0.15) is 0 Å². The number of nitrogens with zero attached hydrogens (tertiary/aromatic N) is 3. The van der Waals surface area contributed by atoms with Gasteiger partial charge in [0, 0.05) is 31.0 Å². The van der Waals surface area contributed by atoms with Gasteiger partial charge in [-0.05, 0) is 26.2 Å². The van der Waals surface area contributed by atoms with Gasteiger partial charge < -0.3 is 14.5 Å². The van der Waals surface area contributed by atoms with E-state index in [0.717, 1.165) is 44.7 Å². The molecule has 2 fully saturated rings. The average molecular weight is 289 g/mol. The molecule has 0 amide bonds. The summed E-state index contributed by atoms with van der Waals surface area (Å²) in [7, 11) is 1.68. The van der Waals surface area contributed by atoms with Crippen LogP contribution in [0.1, 0.15) is 32.6 Å². The molecule has 2 bridgehead atoms. The Labute approximate surface area is 125 Å². The number of rotatable bonds is 0. The van der Waals surface area contributed by atoms with Gasteiger partial charge in [0.2, 0.25) is 5.90 Å². The maximum Gasteiger partial charge on any atom is 0.229 e. The monoisotopic (exact) mass is 289 g/mol. The van der Waals surface area contributed by atoms with Crippen LogP contribution in [0.15, 0.2) is 29.2 Å². The van der Waals surface area contributed by atoms with Gasteiger partial charge >= 0.3 is 0 Å². The number of fused-ring (bicyclic) bond motifs is 5. The lowest BCUT2D eigenvalue weighted by Crippen LogP contribution is -2.59. The Kier molecular flexibility index (Phi) is 2.99. The summed E-state index contributed by atoms with van der Waals surface area (Å²) in [5.74, 6) is 0.730. The molecule has 4 atom stereocenters. The fourth-order valence-electron chi connectivity index (χ4n) is 4.06. The van der Waals surface area contributed by atoms with Gasteiger partial charge in [0.1, 0.15) is 0 Å². The van der Waals surface area contributed by atoms with Gasteiger partial charge in [0.25, 0.3) is 0 Å². The molecule has 1 unspecified atom stereocenters. The third-order valence-electron chi connectivity index (χ3n) is 5.43. The summed E-state index contributed by atoms with van der Waals surface area (Å²) in [5.41, 5.74) is 1.17. The van der Waals surface area contributed by atoms with Crippen LogP contribution in [0.5, 0.6) is 0 Å². The summed E-state index contributed by atoms with van der Waals surface area (Å²) in [6.07, 6.45) is 10.8. The van der Waals surface area contributed by atoms with Crippen LogP contribution in [0, 0.1) is 0 Å². The van der Waals surface area contributed by atoms with Crippen molar-refractivity contribution in [3.05, 3.63) is 24.0 Å². The SMILES string of the molecule is COC1=NO[C@@]2(CC[C@H](C)N3CC4=CCC=CN4[C@@H]2C3)C1. The molecule has 0 N–H and O–H groups in total. The molecule has 4 heterocycles. The zero-order valence-corrected chi connectivity index (χ0v) is 12.8. The fraction of sp³-hybridized carbons (Fsp3) is 0.688. The van der Waals surface area contributed by atoms with Crippen LogP contribution in [0.4, 0.5) is 0 Å². The van der Waals surface area contributed by atoms with E-state index in [1.807, 2.05) is 0 Å². The number of hydrogen-bond donors (Lipinski definition) is 0. The molecule has 0 aliphatic carbocycles. The van der Waals surface area contributed by atoms with Crippen LogP contribution in [0.2, 0.25) is 0 Å². The molecule has 5 nitrogen and oxygen atoms in total. The highest BCUT2D eigenvalue weighted by Gasteiger charge is 2.53. The molecule has 2 saturated heterocycles. The van der Waals surface area contributed by atoms with Gasteiger partial charge in [-0.3, -0.25) is 4.90 Å². The molecule has 1 spiro atoms. The van der Waals surface area contributed by atoms with Gasteiger partial charge in [0.05, 0.1) is 19.6 Å². The van der Waals surface area contributed by atoms with E-state index >= 15 is 0 Å². The highest BCUT2D eigenvalue weighted by molar-refractivity contribution is 5.78. The molecule has 0 aromatic carbocycles. The van der Waals surface area contributed by atoms with Gasteiger partial charge in [-0.15, -0.1) is 0 Å². The van der Waals surface area contributed by atoms with Crippen molar-refractivity contribution in [1.29, 1.82) is 0 Å². The molecule has 0 saturated carbocycles. The largest absolute Gasteiger partial charge is 0.482 e. The molecule has 5 heteroatoms. The molecule has 4 rings (SSSR count). The van der Waals surface area contributed by atoms with Crippen molar-refractivity contribution >= 4 is 5.90 Å². The minimum Gasteiger partial charge on any atom is -0.482 e. The number of methoxy groups -OCH3 is 1. The van der Waals surface area contributed by atoms with Gasteiger partial charge in [0.15, 0.2) is 5.60 Å². The third kappa shape index (κ3) is 1.98. The lowest BCUT2D eigenvalue weighted by molar-refractivity contribution is -0.0787. The van der Waals surface area contributed by atoms with Crippen LogP contribution in [-0.2, 0) is 9.57 Å². The summed E-state index contributed by atoms with van der Waals surface area (Å²) in [6, 6.07) is 0.909. The second kappa shape index (κ2) is 4.77. The molecule has 4 aliphatic rings. The number of allylic oxidation sites excluding steroid dienone is 2. The van der Waals surface area contributed by atoms with Crippen LogP contribution in [0.25, 0.3) is 0 Å². The second-order valence-electron chi connectivity index (χ2n) is 6.58. The number of ether oxygens (including phenoxy) is 1. The number of hydrogen-bond acceptors (Lipinski definition) is 5. The Hall–Kier alpha value is -1.49. The molecular weight excluding hydrogens is 266 g/mol. The Morgan fingerprint density at radius 2 is 2.38 bits per heavy atom. The summed E-state index contributed by atoms with van der Waals surface area (Å²) < 4.78 is 5.34. The zero-order chi connectivity index (χ0) is 14.4. The first kappa shape index (κ1) is 13.2. The molecule has 0 aromatic heterocycles. The summed E-state index contributed by atoms with van der Waals surface area (Å²) in [6.45, 7) is 4.42. The first-order valence-corrected chi connectivity index (χ1v) is 7.89. The Morgan fingerprint density at radius 3 is 3.19 bits per heavy atom. The van der Waals surface area contributed by atoms with E-state index in [9.17, 15) is 0 Å². The maximum absolute atomic E-state index is 5.98. The lowest BCUT2D eigenvalue weighted by Gasteiger charge is -2.48. The average Bonchev–Trinajstić information content (AvgIpc) is 2.92. The highest BCUT2D eigenvalue weighted by atomic mass is 16.7. The van der Waals surface area contributed by atoms with Crippen molar-refractivity contribution in [1.82, 2.24) is 9.80 Å². The molecule has 0 radical (unpaired) electrons. The van der Waals surface area contributed by atoms with Crippen molar-refractivity contribution in [2.24, 2.45) is 5.16 Å². The minimum absolute atomic E-state index is 0.241. The van der Waals surface area contributed by atoms with E-state index < -0.39 is 0 Å². The zero-order valence-electron chi connectivity index (χ0n) is 12.8. The van der Waals surface area contributed by atoms with E-state index in [2.05, 4.69) is 40.2 Å². The van der Waals surface area contributed by atoms with E-state index in [1.54, 1.807) is 7.11 Å². The molecule has 21 heavy (non-hydrogen) atoms. The second-order valence-corrected chi connectivity index (χ2v) is 6.58. The third-order valence-corrected chi connectivity index (χ3v) is 5.43. The Balaban J connectivity index is 1.70. The molecule has 0 aromatic rings. The van der Waals surface area contributed by atoms with Crippen LogP contribution >= 0.6 is 0 Å². The highest BCUT2D eigenvalue weighted by Crippen LogP contribution is 2.43. The topological polar surface area (TPSA) is 37.3 Å². The van der Waals surface area contributed by atoms with Gasteiger partial charge in [-0.1, -0.05) is 17.3 Å². The van der Waals surface area contributed by atoms with Crippen LogP contribution < -0.4 is 0 Å². The Bertz CT molecular complexity index is 528. The summed E-state index contributed by atoms with van der Waals surface area (Å²) in [4.78, 5) is 11.0. The van der Waals surface area contributed by atoms with E-state index in [0.29, 0.717) is 12.1 Å².